The van der Waals surface area contributed by atoms with E-state index in [-0.39, 0.29) is 0 Å². The first-order valence-corrected chi connectivity index (χ1v) is 6.39. The van der Waals surface area contributed by atoms with Crippen molar-refractivity contribution in [3.63, 3.8) is 0 Å². The van der Waals surface area contributed by atoms with Gasteiger partial charge in [-0.05, 0) is 36.5 Å². The van der Waals surface area contributed by atoms with E-state index in [1.807, 2.05) is 0 Å². The van der Waals surface area contributed by atoms with E-state index in [0.717, 1.165) is 11.8 Å². The summed E-state index contributed by atoms with van der Waals surface area (Å²) in [6, 6.07) is 6.45. The first-order chi connectivity index (χ1) is 7.09. The minimum atomic E-state index is 0.814. The van der Waals surface area contributed by atoms with E-state index in [1.54, 1.807) is 0 Å². The van der Waals surface area contributed by atoms with Crippen LogP contribution >= 0.6 is 15.9 Å². The molecular formula is C13H18BrN. The summed E-state index contributed by atoms with van der Waals surface area (Å²) in [4.78, 5) is 2.48. The van der Waals surface area contributed by atoms with Gasteiger partial charge in [0.1, 0.15) is 0 Å². The topological polar surface area (TPSA) is 3.24 Å². The summed E-state index contributed by atoms with van der Waals surface area (Å²) >= 11 is 3.59. The zero-order chi connectivity index (χ0) is 11.0. The Bertz CT molecular complexity index is 354. The fourth-order valence-electron chi connectivity index (χ4n) is 2.07. The van der Waals surface area contributed by atoms with E-state index in [2.05, 4.69) is 59.8 Å². The number of nitrogens with zero attached hydrogens (tertiary/aromatic N) is 1. The van der Waals surface area contributed by atoms with Gasteiger partial charge in [0.15, 0.2) is 0 Å². The number of hydrogen-bond donors (Lipinski definition) is 0. The van der Waals surface area contributed by atoms with Crippen LogP contribution in [0.1, 0.15) is 19.4 Å². The Morgan fingerprint density at radius 1 is 1.33 bits per heavy atom. The molecule has 2 heteroatoms. The quantitative estimate of drug-likeness (QED) is 0.787. The predicted octanol–water partition coefficient (Wildman–Crippen LogP) is 3.85. The number of halogens is 1. The molecule has 1 aromatic carbocycles. The van der Waals surface area contributed by atoms with Crippen molar-refractivity contribution in [1.82, 2.24) is 0 Å². The lowest BCUT2D eigenvalue weighted by Gasteiger charge is -2.44. The summed E-state index contributed by atoms with van der Waals surface area (Å²) in [5, 5.41) is 0. The van der Waals surface area contributed by atoms with Crippen molar-refractivity contribution in [2.45, 2.75) is 20.8 Å². The lowest BCUT2D eigenvalue weighted by atomic mass is 9.87. The van der Waals surface area contributed by atoms with Crippen LogP contribution in [-0.4, -0.2) is 13.1 Å². The van der Waals surface area contributed by atoms with Crippen molar-refractivity contribution < 1.29 is 0 Å². The fraction of sp³-hybridized carbons (Fsp3) is 0.538. The Morgan fingerprint density at radius 2 is 2.00 bits per heavy atom. The molecule has 0 bridgehead atoms. The van der Waals surface area contributed by atoms with Crippen LogP contribution in [0.25, 0.3) is 0 Å². The molecule has 1 aromatic rings. The van der Waals surface area contributed by atoms with Crippen molar-refractivity contribution in [1.29, 1.82) is 0 Å². The average molecular weight is 268 g/mol. The summed E-state index contributed by atoms with van der Waals surface area (Å²) in [5.41, 5.74) is 2.75. The van der Waals surface area contributed by atoms with Gasteiger partial charge in [-0.3, -0.25) is 0 Å². The fourth-order valence-corrected chi connectivity index (χ4v) is 2.43. The lowest BCUT2D eigenvalue weighted by Crippen LogP contribution is -2.49. The zero-order valence-corrected chi connectivity index (χ0v) is 11.2. The van der Waals surface area contributed by atoms with Crippen LogP contribution in [0.2, 0.25) is 0 Å². The van der Waals surface area contributed by atoms with E-state index in [0.29, 0.717) is 0 Å². The molecule has 0 atom stereocenters. The van der Waals surface area contributed by atoms with Gasteiger partial charge in [-0.1, -0.05) is 35.8 Å². The van der Waals surface area contributed by atoms with Crippen LogP contribution < -0.4 is 4.90 Å². The minimum absolute atomic E-state index is 0.814. The molecule has 15 heavy (non-hydrogen) atoms. The Morgan fingerprint density at radius 3 is 2.60 bits per heavy atom. The molecule has 1 heterocycles. The van der Waals surface area contributed by atoms with Gasteiger partial charge >= 0.3 is 0 Å². The molecule has 1 nitrogen and oxygen atoms in total. The van der Waals surface area contributed by atoms with E-state index in [4.69, 9.17) is 0 Å². The van der Waals surface area contributed by atoms with Gasteiger partial charge in [-0.15, -0.1) is 0 Å². The highest BCUT2D eigenvalue weighted by atomic mass is 79.9. The normalized spacial score (nSPS) is 17.0. The maximum absolute atomic E-state index is 3.59. The standard InChI is InChI=1S/C13H18BrN/c1-9(2)11-7-15(8-11)13-6-4-5-12(14)10(13)3/h4-6,9,11H,7-8H2,1-3H3. The summed E-state index contributed by atoms with van der Waals surface area (Å²) in [7, 11) is 0. The molecule has 0 spiro atoms. The van der Waals surface area contributed by atoms with Crippen molar-refractivity contribution in [2.24, 2.45) is 11.8 Å². The largest absolute Gasteiger partial charge is 0.371 e. The molecule has 1 aliphatic heterocycles. The Hall–Kier alpha value is -0.500. The molecule has 0 saturated carbocycles. The maximum atomic E-state index is 3.59. The molecule has 0 unspecified atom stereocenters. The highest BCUT2D eigenvalue weighted by Crippen LogP contribution is 2.33. The molecule has 2 rings (SSSR count). The SMILES string of the molecule is Cc1c(Br)cccc1N1CC(C(C)C)C1. The monoisotopic (exact) mass is 267 g/mol. The van der Waals surface area contributed by atoms with Gasteiger partial charge in [0.05, 0.1) is 0 Å². The second-order valence-corrected chi connectivity index (χ2v) is 5.65. The predicted molar refractivity (Wildman–Crippen MR) is 69.4 cm³/mol. The van der Waals surface area contributed by atoms with Gasteiger partial charge in [0.25, 0.3) is 0 Å². The van der Waals surface area contributed by atoms with Crippen molar-refractivity contribution in [3.05, 3.63) is 28.2 Å². The molecule has 0 aliphatic carbocycles. The summed E-state index contributed by atoms with van der Waals surface area (Å²) in [5.74, 6) is 1.69. The maximum Gasteiger partial charge on any atom is 0.0407 e. The molecule has 0 amide bonds. The number of hydrogen-bond acceptors (Lipinski definition) is 1. The van der Waals surface area contributed by atoms with Crippen molar-refractivity contribution in [3.8, 4) is 0 Å². The van der Waals surface area contributed by atoms with Gasteiger partial charge in [0, 0.05) is 23.2 Å². The molecule has 1 saturated heterocycles. The number of rotatable bonds is 2. The average Bonchev–Trinajstić information content (AvgIpc) is 2.09. The smallest absolute Gasteiger partial charge is 0.0407 e. The summed E-state index contributed by atoms with van der Waals surface area (Å²) in [6.45, 7) is 9.25. The van der Waals surface area contributed by atoms with Crippen LogP contribution in [0.15, 0.2) is 22.7 Å². The van der Waals surface area contributed by atoms with Crippen LogP contribution in [0.3, 0.4) is 0 Å². The van der Waals surface area contributed by atoms with Crippen molar-refractivity contribution >= 4 is 21.6 Å². The molecule has 0 radical (unpaired) electrons. The molecule has 0 aromatic heterocycles. The first-order valence-electron chi connectivity index (χ1n) is 5.59. The Labute approximate surface area is 101 Å². The molecule has 82 valence electrons. The highest BCUT2D eigenvalue weighted by molar-refractivity contribution is 9.10. The van der Waals surface area contributed by atoms with Gasteiger partial charge in [-0.2, -0.15) is 0 Å². The molecule has 0 N–H and O–H groups in total. The second kappa shape index (κ2) is 4.17. The highest BCUT2D eigenvalue weighted by Gasteiger charge is 2.29. The van der Waals surface area contributed by atoms with E-state index >= 15 is 0 Å². The van der Waals surface area contributed by atoms with E-state index < -0.39 is 0 Å². The minimum Gasteiger partial charge on any atom is -0.371 e. The third kappa shape index (κ3) is 2.05. The number of anilines is 1. The summed E-state index contributed by atoms with van der Waals surface area (Å²) < 4.78 is 1.22. The van der Waals surface area contributed by atoms with Crippen molar-refractivity contribution in [2.75, 3.05) is 18.0 Å². The van der Waals surface area contributed by atoms with Gasteiger partial charge in [-0.25, -0.2) is 0 Å². The second-order valence-electron chi connectivity index (χ2n) is 4.79. The third-order valence-electron chi connectivity index (χ3n) is 3.43. The van der Waals surface area contributed by atoms with E-state index in [1.165, 1.54) is 28.8 Å². The lowest BCUT2D eigenvalue weighted by molar-refractivity contribution is 0.309. The van der Waals surface area contributed by atoms with E-state index in [9.17, 15) is 0 Å². The third-order valence-corrected chi connectivity index (χ3v) is 4.29. The van der Waals surface area contributed by atoms with Crippen LogP contribution in [0.4, 0.5) is 5.69 Å². The molecule has 1 aliphatic rings. The summed E-state index contributed by atoms with van der Waals surface area (Å²) in [6.07, 6.45) is 0. The van der Waals surface area contributed by atoms with Crippen LogP contribution in [0, 0.1) is 18.8 Å². The Kier molecular flexibility index (Phi) is 3.06. The van der Waals surface area contributed by atoms with Crippen LogP contribution in [0.5, 0.6) is 0 Å². The van der Waals surface area contributed by atoms with Crippen LogP contribution in [-0.2, 0) is 0 Å². The molecular weight excluding hydrogens is 250 g/mol. The van der Waals surface area contributed by atoms with Gasteiger partial charge in [0.2, 0.25) is 0 Å². The Balaban J connectivity index is 2.10. The number of benzene rings is 1. The van der Waals surface area contributed by atoms with Gasteiger partial charge < -0.3 is 4.90 Å². The molecule has 1 fully saturated rings. The zero-order valence-electron chi connectivity index (χ0n) is 9.63. The first kappa shape index (κ1) is 11.0.